The smallest absolute Gasteiger partial charge is 0.0964 e. The molecule has 0 saturated carbocycles. The molecule has 0 bridgehead atoms. The molecule has 1 aliphatic rings. The van der Waals surface area contributed by atoms with Crippen molar-refractivity contribution < 1.29 is 9.84 Å². The summed E-state index contributed by atoms with van der Waals surface area (Å²) in [5.41, 5.74) is 0.946. The minimum atomic E-state index is 0.190. The van der Waals surface area contributed by atoms with Crippen LogP contribution >= 0.6 is 0 Å². The van der Waals surface area contributed by atoms with Crippen LogP contribution in [0.4, 0.5) is 0 Å². The summed E-state index contributed by atoms with van der Waals surface area (Å²) < 4.78 is 7.08. The average molecular weight is 240 g/mol. The highest BCUT2D eigenvalue weighted by Crippen LogP contribution is 2.10. The van der Waals surface area contributed by atoms with E-state index in [0.29, 0.717) is 5.92 Å². The van der Waals surface area contributed by atoms with Gasteiger partial charge in [-0.2, -0.15) is 0 Å². The van der Waals surface area contributed by atoms with Crippen molar-refractivity contribution in [2.75, 3.05) is 26.4 Å². The van der Waals surface area contributed by atoms with Gasteiger partial charge in [0, 0.05) is 39.0 Å². The van der Waals surface area contributed by atoms with Crippen molar-refractivity contribution in [1.82, 2.24) is 20.3 Å². The Kier molecular flexibility index (Phi) is 4.90. The molecule has 0 radical (unpaired) electrons. The third kappa shape index (κ3) is 4.07. The SMILES string of the molecule is OCCCn1cc(CNCC2CCOC2)nn1. The Morgan fingerprint density at radius 1 is 1.59 bits per heavy atom. The fourth-order valence-corrected chi connectivity index (χ4v) is 1.91. The van der Waals surface area contributed by atoms with Crippen LogP contribution in [-0.4, -0.2) is 46.5 Å². The number of aryl methyl sites for hydroxylation is 1. The van der Waals surface area contributed by atoms with E-state index in [1.807, 2.05) is 6.20 Å². The maximum absolute atomic E-state index is 8.71. The second-order valence-electron chi connectivity index (χ2n) is 4.41. The first-order valence-electron chi connectivity index (χ1n) is 6.17. The van der Waals surface area contributed by atoms with Gasteiger partial charge in [0.15, 0.2) is 0 Å². The third-order valence-corrected chi connectivity index (χ3v) is 2.89. The molecule has 0 amide bonds. The van der Waals surface area contributed by atoms with Crippen molar-refractivity contribution in [3.05, 3.63) is 11.9 Å². The number of aromatic nitrogens is 3. The van der Waals surface area contributed by atoms with E-state index in [9.17, 15) is 0 Å². The number of aliphatic hydroxyl groups is 1. The first kappa shape index (κ1) is 12.5. The van der Waals surface area contributed by atoms with Crippen molar-refractivity contribution in [1.29, 1.82) is 0 Å². The summed E-state index contributed by atoms with van der Waals surface area (Å²) in [6, 6.07) is 0. The summed E-state index contributed by atoms with van der Waals surface area (Å²) in [7, 11) is 0. The molecule has 96 valence electrons. The Labute approximate surface area is 101 Å². The number of nitrogens with zero attached hydrogens (tertiary/aromatic N) is 3. The highest BCUT2D eigenvalue weighted by atomic mass is 16.5. The molecule has 1 aromatic heterocycles. The fraction of sp³-hybridized carbons (Fsp3) is 0.818. The molecular weight excluding hydrogens is 220 g/mol. The van der Waals surface area contributed by atoms with Gasteiger partial charge in [-0.15, -0.1) is 5.10 Å². The summed E-state index contributed by atoms with van der Waals surface area (Å²) in [6.45, 7) is 4.40. The van der Waals surface area contributed by atoms with E-state index in [1.54, 1.807) is 4.68 Å². The zero-order valence-electron chi connectivity index (χ0n) is 10.0. The van der Waals surface area contributed by atoms with E-state index < -0.39 is 0 Å². The zero-order chi connectivity index (χ0) is 11.9. The van der Waals surface area contributed by atoms with Crippen molar-refractivity contribution >= 4 is 0 Å². The maximum Gasteiger partial charge on any atom is 0.0964 e. The van der Waals surface area contributed by atoms with Crippen LogP contribution in [0.3, 0.4) is 0 Å². The van der Waals surface area contributed by atoms with E-state index in [-0.39, 0.29) is 6.61 Å². The Morgan fingerprint density at radius 3 is 3.29 bits per heavy atom. The van der Waals surface area contributed by atoms with Gasteiger partial charge in [-0.25, -0.2) is 0 Å². The zero-order valence-corrected chi connectivity index (χ0v) is 10.0. The minimum absolute atomic E-state index is 0.190. The molecule has 0 spiro atoms. The van der Waals surface area contributed by atoms with E-state index in [2.05, 4.69) is 15.6 Å². The number of ether oxygens (including phenoxy) is 1. The molecule has 1 aliphatic heterocycles. The Bertz CT molecular complexity index is 323. The summed E-state index contributed by atoms with van der Waals surface area (Å²) >= 11 is 0. The van der Waals surface area contributed by atoms with Gasteiger partial charge in [0.2, 0.25) is 0 Å². The molecule has 17 heavy (non-hydrogen) atoms. The molecule has 1 atom stereocenters. The van der Waals surface area contributed by atoms with E-state index >= 15 is 0 Å². The molecule has 2 heterocycles. The van der Waals surface area contributed by atoms with Gasteiger partial charge < -0.3 is 15.2 Å². The minimum Gasteiger partial charge on any atom is -0.396 e. The van der Waals surface area contributed by atoms with Crippen LogP contribution in [0.25, 0.3) is 0 Å². The topological polar surface area (TPSA) is 72.2 Å². The summed E-state index contributed by atoms with van der Waals surface area (Å²) in [4.78, 5) is 0. The average Bonchev–Trinajstić information content (AvgIpc) is 2.98. The van der Waals surface area contributed by atoms with Crippen LogP contribution in [0.5, 0.6) is 0 Å². The highest BCUT2D eigenvalue weighted by Gasteiger charge is 2.14. The van der Waals surface area contributed by atoms with Gasteiger partial charge in [-0.1, -0.05) is 5.21 Å². The van der Waals surface area contributed by atoms with Crippen molar-refractivity contribution in [3.63, 3.8) is 0 Å². The molecule has 1 saturated heterocycles. The Balaban J connectivity index is 1.65. The maximum atomic E-state index is 8.71. The largest absolute Gasteiger partial charge is 0.396 e. The lowest BCUT2D eigenvalue weighted by Crippen LogP contribution is -2.22. The Hall–Kier alpha value is -0.980. The fourth-order valence-electron chi connectivity index (χ4n) is 1.91. The Morgan fingerprint density at radius 2 is 2.53 bits per heavy atom. The molecule has 0 aliphatic carbocycles. The normalized spacial score (nSPS) is 19.9. The lowest BCUT2D eigenvalue weighted by Gasteiger charge is -2.07. The number of rotatable bonds is 7. The van der Waals surface area contributed by atoms with Crippen LogP contribution < -0.4 is 5.32 Å². The van der Waals surface area contributed by atoms with Crippen molar-refractivity contribution in [2.24, 2.45) is 5.92 Å². The van der Waals surface area contributed by atoms with E-state index in [0.717, 1.165) is 51.4 Å². The van der Waals surface area contributed by atoms with Crippen LogP contribution in [0, 0.1) is 5.92 Å². The lowest BCUT2D eigenvalue weighted by atomic mass is 10.1. The first-order valence-corrected chi connectivity index (χ1v) is 6.17. The number of hydrogen-bond acceptors (Lipinski definition) is 5. The second-order valence-corrected chi connectivity index (χ2v) is 4.41. The summed E-state index contributed by atoms with van der Waals surface area (Å²) in [5.74, 6) is 0.638. The molecule has 2 rings (SSSR count). The standard InChI is InChI=1S/C11H20N4O2/c16-4-1-3-15-8-11(13-14-15)7-12-6-10-2-5-17-9-10/h8,10,12,16H,1-7,9H2. The quantitative estimate of drug-likeness (QED) is 0.690. The molecule has 6 heteroatoms. The van der Waals surface area contributed by atoms with Gasteiger partial charge >= 0.3 is 0 Å². The molecule has 1 aromatic rings. The van der Waals surface area contributed by atoms with Crippen LogP contribution in [0.1, 0.15) is 18.5 Å². The summed E-state index contributed by atoms with van der Waals surface area (Å²) in [6.07, 6.45) is 3.79. The molecule has 6 nitrogen and oxygen atoms in total. The molecular formula is C11H20N4O2. The number of hydrogen-bond donors (Lipinski definition) is 2. The van der Waals surface area contributed by atoms with Crippen molar-refractivity contribution in [2.45, 2.75) is 25.9 Å². The number of aliphatic hydroxyl groups excluding tert-OH is 1. The van der Waals surface area contributed by atoms with E-state index in [1.165, 1.54) is 0 Å². The lowest BCUT2D eigenvalue weighted by molar-refractivity contribution is 0.185. The molecule has 1 fully saturated rings. The molecule has 0 aromatic carbocycles. The van der Waals surface area contributed by atoms with Gasteiger partial charge in [0.1, 0.15) is 0 Å². The summed E-state index contributed by atoms with van der Waals surface area (Å²) in [5, 5.41) is 20.1. The van der Waals surface area contributed by atoms with Crippen LogP contribution in [0.15, 0.2) is 6.20 Å². The first-order chi connectivity index (χ1) is 8.38. The van der Waals surface area contributed by atoms with Gasteiger partial charge in [0.05, 0.1) is 12.3 Å². The molecule has 1 unspecified atom stereocenters. The van der Waals surface area contributed by atoms with Crippen LogP contribution in [-0.2, 0) is 17.8 Å². The van der Waals surface area contributed by atoms with Gasteiger partial charge in [-0.3, -0.25) is 4.68 Å². The highest BCUT2D eigenvalue weighted by molar-refractivity contribution is 4.91. The monoisotopic (exact) mass is 240 g/mol. The van der Waals surface area contributed by atoms with Gasteiger partial charge in [-0.05, 0) is 18.8 Å². The third-order valence-electron chi connectivity index (χ3n) is 2.89. The van der Waals surface area contributed by atoms with Gasteiger partial charge in [0.25, 0.3) is 0 Å². The molecule has 2 N–H and O–H groups in total. The van der Waals surface area contributed by atoms with Crippen molar-refractivity contribution in [3.8, 4) is 0 Å². The van der Waals surface area contributed by atoms with E-state index in [4.69, 9.17) is 9.84 Å². The predicted molar refractivity (Wildman–Crippen MR) is 62.4 cm³/mol. The predicted octanol–water partition coefficient (Wildman–Crippen LogP) is -0.213. The van der Waals surface area contributed by atoms with Crippen LogP contribution in [0.2, 0.25) is 0 Å². The second kappa shape index (κ2) is 6.68. The number of nitrogens with one attached hydrogen (secondary N) is 1.